The number of hydrogen-bond acceptors (Lipinski definition) is 3. The van der Waals surface area contributed by atoms with Crippen LogP contribution < -0.4 is 17.2 Å². The summed E-state index contributed by atoms with van der Waals surface area (Å²) < 4.78 is 22.7. The third-order valence-electron chi connectivity index (χ3n) is 2.08. The molecule has 0 unspecified atom stereocenters. The van der Waals surface area contributed by atoms with E-state index in [1.165, 1.54) is 12.1 Å². The number of benzene rings is 1. The van der Waals surface area contributed by atoms with Crippen molar-refractivity contribution in [2.24, 2.45) is 27.2 Å². The number of nitrogens with zero attached hydrogens (tertiary/aromatic N) is 2. The zero-order chi connectivity index (χ0) is 13.9. The number of guanidine groups is 2. The van der Waals surface area contributed by atoms with E-state index < -0.39 is 9.84 Å². The fourth-order valence-corrected chi connectivity index (χ4v) is 1.97. The lowest BCUT2D eigenvalue weighted by molar-refractivity contribution is 0.602. The van der Waals surface area contributed by atoms with Gasteiger partial charge < -0.3 is 17.2 Å². The van der Waals surface area contributed by atoms with Crippen LogP contribution in [0.15, 0.2) is 33.1 Å². The molecule has 0 atom stereocenters. The Morgan fingerprint density at radius 1 is 1.22 bits per heavy atom. The molecule has 6 N–H and O–H groups in total. The first-order valence-corrected chi connectivity index (χ1v) is 6.84. The number of hydrogen-bond donors (Lipinski definition) is 3. The maximum Gasteiger partial charge on any atom is 0.223 e. The van der Waals surface area contributed by atoms with Crippen LogP contribution in [0, 0.1) is 6.92 Å². The molecule has 0 spiro atoms. The number of aryl methyl sites for hydroxylation is 1. The van der Waals surface area contributed by atoms with E-state index >= 15 is 0 Å². The zero-order valence-electron chi connectivity index (χ0n) is 10.1. The summed E-state index contributed by atoms with van der Waals surface area (Å²) in [7, 11) is -3.24. The van der Waals surface area contributed by atoms with Gasteiger partial charge in [-0.15, -0.1) is 0 Å². The molecule has 0 bridgehead atoms. The maximum absolute atomic E-state index is 11.3. The highest BCUT2D eigenvalue weighted by molar-refractivity contribution is 7.90. The van der Waals surface area contributed by atoms with E-state index in [0.29, 0.717) is 11.3 Å². The van der Waals surface area contributed by atoms with Gasteiger partial charge in [-0.05, 0) is 30.7 Å². The van der Waals surface area contributed by atoms with Crippen molar-refractivity contribution in [1.29, 1.82) is 0 Å². The van der Waals surface area contributed by atoms with Crippen molar-refractivity contribution in [1.82, 2.24) is 0 Å². The molecule has 0 saturated carbocycles. The second-order valence-electron chi connectivity index (χ2n) is 3.73. The van der Waals surface area contributed by atoms with Crippen LogP contribution in [0.4, 0.5) is 5.69 Å². The molecule has 18 heavy (non-hydrogen) atoms. The van der Waals surface area contributed by atoms with Gasteiger partial charge >= 0.3 is 0 Å². The van der Waals surface area contributed by atoms with Gasteiger partial charge in [-0.3, -0.25) is 0 Å². The van der Waals surface area contributed by atoms with Crippen LogP contribution in [0.5, 0.6) is 0 Å². The summed E-state index contributed by atoms with van der Waals surface area (Å²) in [5, 5.41) is 0. The Bertz CT molecular complexity index is 615. The van der Waals surface area contributed by atoms with Crippen LogP contribution >= 0.6 is 0 Å². The molecule has 0 amide bonds. The lowest BCUT2D eigenvalue weighted by atomic mass is 10.2. The molecule has 0 aliphatic carbocycles. The Labute approximate surface area is 105 Å². The van der Waals surface area contributed by atoms with Crippen LogP contribution in [0.3, 0.4) is 0 Å². The van der Waals surface area contributed by atoms with Gasteiger partial charge in [-0.2, -0.15) is 4.99 Å². The third kappa shape index (κ3) is 3.74. The summed E-state index contributed by atoms with van der Waals surface area (Å²) in [5.41, 5.74) is 17.0. The number of nitrogens with two attached hydrogens (primary N) is 3. The standard InChI is InChI=1S/C10H15N5O2S/c1-6-5-7(18(2,16)17)3-4-8(6)14-10(13)15-9(11)12/h3-5H,1-2H3,(H6,11,12,13,14,15). The van der Waals surface area contributed by atoms with Crippen molar-refractivity contribution in [2.45, 2.75) is 11.8 Å². The van der Waals surface area contributed by atoms with E-state index in [9.17, 15) is 8.42 Å². The molecule has 7 nitrogen and oxygen atoms in total. The van der Waals surface area contributed by atoms with Gasteiger partial charge in [0.25, 0.3) is 0 Å². The van der Waals surface area contributed by atoms with E-state index in [-0.39, 0.29) is 16.8 Å². The topological polar surface area (TPSA) is 137 Å². The predicted molar refractivity (Wildman–Crippen MR) is 71.4 cm³/mol. The molecular weight excluding hydrogens is 254 g/mol. The normalized spacial score (nSPS) is 12.2. The van der Waals surface area contributed by atoms with Crippen LogP contribution in [-0.2, 0) is 9.84 Å². The molecule has 0 saturated heterocycles. The summed E-state index contributed by atoms with van der Waals surface area (Å²) in [5.74, 6) is -0.285. The quantitative estimate of drug-likeness (QED) is 0.496. The second kappa shape index (κ2) is 5.05. The molecule has 1 aromatic carbocycles. The Morgan fingerprint density at radius 2 is 1.83 bits per heavy atom. The van der Waals surface area contributed by atoms with Crippen molar-refractivity contribution in [3.8, 4) is 0 Å². The first kappa shape index (κ1) is 14.0. The maximum atomic E-state index is 11.3. The van der Waals surface area contributed by atoms with Gasteiger partial charge in [0, 0.05) is 6.26 Å². The van der Waals surface area contributed by atoms with Crippen LogP contribution in [-0.4, -0.2) is 26.6 Å². The molecule has 0 aliphatic rings. The molecular formula is C10H15N5O2S. The average Bonchev–Trinajstić information content (AvgIpc) is 2.18. The summed E-state index contributed by atoms with van der Waals surface area (Å²) in [6.07, 6.45) is 1.14. The van der Waals surface area contributed by atoms with Crippen LogP contribution in [0.2, 0.25) is 0 Å². The lowest BCUT2D eigenvalue weighted by Crippen LogP contribution is -2.26. The SMILES string of the molecule is Cc1cc(S(C)(=O)=O)ccc1N=C(N)N=C(N)N. The van der Waals surface area contributed by atoms with E-state index in [1.54, 1.807) is 13.0 Å². The van der Waals surface area contributed by atoms with E-state index in [2.05, 4.69) is 9.98 Å². The third-order valence-corrected chi connectivity index (χ3v) is 3.19. The van der Waals surface area contributed by atoms with Gasteiger partial charge in [0.05, 0.1) is 10.6 Å². The molecule has 0 fully saturated rings. The molecule has 98 valence electrons. The minimum absolute atomic E-state index is 0.0924. The van der Waals surface area contributed by atoms with Crippen molar-refractivity contribution in [3.05, 3.63) is 23.8 Å². The molecule has 1 aromatic rings. The molecule has 0 aromatic heterocycles. The smallest absolute Gasteiger partial charge is 0.223 e. The fourth-order valence-electron chi connectivity index (χ4n) is 1.26. The highest BCUT2D eigenvalue weighted by atomic mass is 32.2. The Balaban J connectivity index is 3.19. The van der Waals surface area contributed by atoms with E-state index in [1.807, 2.05) is 0 Å². The Morgan fingerprint density at radius 3 is 2.28 bits per heavy atom. The number of aliphatic imine (C=N–C) groups is 2. The van der Waals surface area contributed by atoms with Crippen molar-refractivity contribution < 1.29 is 8.42 Å². The van der Waals surface area contributed by atoms with Crippen molar-refractivity contribution in [2.75, 3.05) is 6.26 Å². The minimum Gasteiger partial charge on any atom is -0.370 e. The van der Waals surface area contributed by atoms with Gasteiger partial charge in [0.1, 0.15) is 0 Å². The van der Waals surface area contributed by atoms with Gasteiger partial charge in [0.15, 0.2) is 15.8 Å². The summed E-state index contributed by atoms with van der Waals surface area (Å²) in [6, 6.07) is 4.50. The largest absolute Gasteiger partial charge is 0.370 e. The van der Waals surface area contributed by atoms with E-state index in [4.69, 9.17) is 17.2 Å². The molecule has 0 aliphatic heterocycles. The monoisotopic (exact) mass is 269 g/mol. The highest BCUT2D eigenvalue weighted by Crippen LogP contribution is 2.22. The van der Waals surface area contributed by atoms with Gasteiger partial charge in [0.2, 0.25) is 5.96 Å². The lowest BCUT2D eigenvalue weighted by Gasteiger charge is -2.04. The second-order valence-corrected chi connectivity index (χ2v) is 5.74. The van der Waals surface area contributed by atoms with Crippen molar-refractivity contribution in [3.63, 3.8) is 0 Å². The van der Waals surface area contributed by atoms with Gasteiger partial charge in [-0.1, -0.05) is 0 Å². The number of sulfone groups is 1. The number of rotatable bonds is 2. The minimum atomic E-state index is -3.24. The Hall–Kier alpha value is -2.09. The first-order chi connectivity index (χ1) is 8.20. The predicted octanol–water partition coefficient (Wildman–Crippen LogP) is -0.382. The fraction of sp³-hybridized carbons (Fsp3) is 0.200. The molecule has 0 heterocycles. The highest BCUT2D eigenvalue weighted by Gasteiger charge is 2.08. The summed E-state index contributed by atoms with van der Waals surface area (Å²) in [4.78, 5) is 7.76. The molecule has 0 radical (unpaired) electrons. The van der Waals surface area contributed by atoms with Crippen molar-refractivity contribution >= 4 is 27.4 Å². The summed E-state index contributed by atoms with van der Waals surface area (Å²) in [6.45, 7) is 1.72. The van der Waals surface area contributed by atoms with E-state index in [0.717, 1.165) is 6.26 Å². The first-order valence-electron chi connectivity index (χ1n) is 4.94. The average molecular weight is 269 g/mol. The molecule has 8 heteroatoms. The molecule has 1 rings (SSSR count). The summed E-state index contributed by atoms with van der Waals surface area (Å²) >= 11 is 0. The van der Waals surface area contributed by atoms with Gasteiger partial charge in [-0.25, -0.2) is 13.4 Å². The Kier molecular flexibility index (Phi) is 3.92. The zero-order valence-corrected chi connectivity index (χ0v) is 10.9. The van der Waals surface area contributed by atoms with Crippen LogP contribution in [0.1, 0.15) is 5.56 Å². The van der Waals surface area contributed by atoms with Crippen LogP contribution in [0.25, 0.3) is 0 Å².